The standard InChI is InChI=1S/C16H12NOS.Ir/c1-2-5-14-12(4-1)13-10-11(6-7-15(13)19-14)16-17-8-3-9-18-16;/h1-2,4-5,7,10H,3,8-9H2;/q-1;. The summed E-state index contributed by atoms with van der Waals surface area (Å²) in [6.45, 7) is 1.61. The molecular formula is C16H12IrNOS-. The zero-order chi connectivity index (χ0) is 12.7. The van der Waals surface area contributed by atoms with Crippen LogP contribution < -0.4 is 0 Å². The SMILES string of the molecule is [Ir].[c-]1cc2sc3ccccc3c2cc1C1=NCCCO1. The van der Waals surface area contributed by atoms with E-state index in [1.54, 1.807) is 11.3 Å². The second-order valence-corrected chi connectivity index (χ2v) is 5.70. The largest absolute Gasteiger partial charge is 0.520 e. The summed E-state index contributed by atoms with van der Waals surface area (Å²) in [7, 11) is 0. The minimum absolute atomic E-state index is 0. The number of ether oxygens (including phenoxy) is 1. The van der Waals surface area contributed by atoms with Crippen molar-refractivity contribution in [3.8, 4) is 0 Å². The normalized spacial score (nSPS) is 14.7. The van der Waals surface area contributed by atoms with Crippen LogP contribution in [0.3, 0.4) is 0 Å². The molecule has 1 radical (unpaired) electrons. The Hall–Kier alpha value is -1.22. The Kier molecular flexibility index (Phi) is 3.88. The molecule has 3 aromatic rings. The molecule has 0 N–H and O–H groups in total. The van der Waals surface area contributed by atoms with Gasteiger partial charge in [0.05, 0.1) is 6.61 Å². The second-order valence-electron chi connectivity index (χ2n) is 4.61. The van der Waals surface area contributed by atoms with Gasteiger partial charge in [-0.1, -0.05) is 29.1 Å². The van der Waals surface area contributed by atoms with Crippen LogP contribution in [-0.4, -0.2) is 19.0 Å². The molecule has 0 spiro atoms. The van der Waals surface area contributed by atoms with E-state index in [0.717, 1.165) is 31.0 Å². The van der Waals surface area contributed by atoms with Crippen molar-refractivity contribution in [2.75, 3.05) is 13.2 Å². The number of hydrogen-bond acceptors (Lipinski definition) is 3. The van der Waals surface area contributed by atoms with E-state index in [9.17, 15) is 0 Å². The molecule has 2 heterocycles. The number of aliphatic imine (C=N–C) groups is 1. The molecule has 0 atom stereocenters. The van der Waals surface area contributed by atoms with Crippen LogP contribution in [0.15, 0.2) is 41.4 Å². The Morgan fingerprint density at radius 2 is 2.05 bits per heavy atom. The Balaban J connectivity index is 0.00000121. The van der Waals surface area contributed by atoms with E-state index in [1.807, 2.05) is 0 Å². The summed E-state index contributed by atoms with van der Waals surface area (Å²) in [5.41, 5.74) is 0.968. The van der Waals surface area contributed by atoms with Crippen LogP contribution in [0.2, 0.25) is 0 Å². The molecule has 0 amide bonds. The van der Waals surface area contributed by atoms with Gasteiger partial charge in [-0.2, -0.15) is 11.3 Å². The van der Waals surface area contributed by atoms with Crippen molar-refractivity contribution in [2.24, 2.45) is 4.99 Å². The van der Waals surface area contributed by atoms with Gasteiger partial charge >= 0.3 is 0 Å². The third kappa shape index (κ3) is 2.28. The van der Waals surface area contributed by atoms with Gasteiger partial charge in [0.15, 0.2) is 0 Å². The van der Waals surface area contributed by atoms with Crippen molar-refractivity contribution < 1.29 is 24.8 Å². The van der Waals surface area contributed by atoms with Gasteiger partial charge in [0, 0.05) is 31.4 Å². The smallest absolute Gasteiger partial charge is 0.129 e. The van der Waals surface area contributed by atoms with E-state index in [1.165, 1.54) is 20.2 Å². The molecule has 4 rings (SSSR count). The minimum atomic E-state index is 0. The average Bonchev–Trinajstić information content (AvgIpc) is 2.86. The number of benzene rings is 2. The summed E-state index contributed by atoms with van der Waals surface area (Å²) in [4.78, 5) is 4.44. The molecular weight excluding hydrogens is 446 g/mol. The predicted molar refractivity (Wildman–Crippen MR) is 80.1 cm³/mol. The first-order valence-corrected chi connectivity index (χ1v) is 7.24. The van der Waals surface area contributed by atoms with Gasteiger partial charge in [-0.3, -0.25) is 4.99 Å². The first-order valence-electron chi connectivity index (χ1n) is 6.42. The van der Waals surface area contributed by atoms with Crippen molar-refractivity contribution in [2.45, 2.75) is 6.42 Å². The summed E-state index contributed by atoms with van der Waals surface area (Å²) < 4.78 is 8.20. The van der Waals surface area contributed by atoms with Crippen molar-refractivity contribution >= 4 is 37.4 Å². The van der Waals surface area contributed by atoms with E-state index in [4.69, 9.17) is 4.74 Å². The molecule has 1 aromatic heterocycles. The van der Waals surface area contributed by atoms with Crippen LogP contribution in [0.1, 0.15) is 12.0 Å². The Bertz CT molecular complexity index is 793. The summed E-state index contributed by atoms with van der Waals surface area (Å²) >= 11 is 1.81. The average molecular weight is 459 g/mol. The van der Waals surface area contributed by atoms with E-state index in [0.29, 0.717) is 0 Å². The quantitative estimate of drug-likeness (QED) is 0.505. The first kappa shape index (κ1) is 13.7. The van der Waals surface area contributed by atoms with Crippen LogP contribution in [0.25, 0.3) is 20.2 Å². The molecule has 103 valence electrons. The molecule has 2 aromatic carbocycles. The molecule has 1 aliphatic heterocycles. The van der Waals surface area contributed by atoms with Gasteiger partial charge in [0.25, 0.3) is 0 Å². The third-order valence-electron chi connectivity index (χ3n) is 3.34. The molecule has 0 unspecified atom stereocenters. The molecule has 1 aliphatic rings. The van der Waals surface area contributed by atoms with Gasteiger partial charge in [-0.05, 0) is 22.6 Å². The van der Waals surface area contributed by atoms with E-state index in [2.05, 4.69) is 47.5 Å². The fraction of sp³-hybridized carbons (Fsp3) is 0.188. The van der Waals surface area contributed by atoms with Crippen LogP contribution in [0.4, 0.5) is 0 Å². The Labute approximate surface area is 134 Å². The summed E-state index contributed by atoms with van der Waals surface area (Å²) in [5, 5.41) is 2.57. The molecule has 4 heteroatoms. The van der Waals surface area contributed by atoms with Crippen LogP contribution >= 0.6 is 11.3 Å². The van der Waals surface area contributed by atoms with Gasteiger partial charge in [-0.15, -0.1) is 18.2 Å². The molecule has 0 aliphatic carbocycles. The zero-order valence-corrected chi connectivity index (χ0v) is 13.9. The van der Waals surface area contributed by atoms with E-state index >= 15 is 0 Å². The fourth-order valence-corrected chi connectivity index (χ4v) is 3.48. The molecule has 0 saturated carbocycles. The zero-order valence-electron chi connectivity index (χ0n) is 10.7. The third-order valence-corrected chi connectivity index (χ3v) is 4.47. The molecule has 0 saturated heterocycles. The summed E-state index contributed by atoms with van der Waals surface area (Å²) in [5.74, 6) is 0.739. The number of rotatable bonds is 1. The van der Waals surface area contributed by atoms with Gasteiger partial charge in [-0.25, -0.2) is 0 Å². The predicted octanol–water partition coefficient (Wildman–Crippen LogP) is 4.02. The molecule has 2 nitrogen and oxygen atoms in total. The van der Waals surface area contributed by atoms with E-state index < -0.39 is 0 Å². The van der Waals surface area contributed by atoms with Crippen molar-refractivity contribution in [1.29, 1.82) is 0 Å². The van der Waals surface area contributed by atoms with Crippen LogP contribution in [0.5, 0.6) is 0 Å². The number of hydrogen-bond donors (Lipinski definition) is 0. The number of nitrogens with zero attached hydrogens (tertiary/aromatic N) is 1. The first-order chi connectivity index (χ1) is 9.42. The molecule has 20 heavy (non-hydrogen) atoms. The van der Waals surface area contributed by atoms with Gasteiger partial charge < -0.3 is 4.74 Å². The summed E-state index contributed by atoms with van der Waals surface area (Å²) in [6, 6.07) is 16.0. The second kappa shape index (κ2) is 5.64. The Morgan fingerprint density at radius 3 is 2.90 bits per heavy atom. The maximum absolute atomic E-state index is 5.62. The minimum Gasteiger partial charge on any atom is -0.520 e. The molecule has 0 fully saturated rings. The van der Waals surface area contributed by atoms with E-state index in [-0.39, 0.29) is 20.1 Å². The maximum atomic E-state index is 5.62. The fourth-order valence-electron chi connectivity index (χ4n) is 2.42. The Morgan fingerprint density at radius 1 is 1.15 bits per heavy atom. The van der Waals surface area contributed by atoms with Crippen molar-refractivity contribution in [3.05, 3.63) is 48.0 Å². The van der Waals surface area contributed by atoms with Gasteiger partial charge in [0.2, 0.25) is 0 Å². The van der Waals surface area contributed by atoms with Crippen molar-refractivity contribution in [1.82, 2.24) is 0 Å². The maximum Gasteiger partial charge on any atom is 0.129 e. The van der Waals surface area contributed by atoms with Gasteiger partial charge in [0.1, 0.15) is 5.90 Å². The topological polar surface area (TPSA) is 21.6 Å². The monoisotopic (exact) mass is 459 g/mol. The number of fused-ring (bicyclic) bond motifs is 3. The van der Waals surface area contributed by atoms with Crippen LogP contribution in [-0.2, 0) is 24.8 Å². The van der Waals surface area contributed by atoms with Crippen molar-refractivity contribution in [3.63, 3.8) is 0 Å². The number of thiophene rings is 1. The summed E-state index contributed by atoms with van der Waals surface area (Å²) in [6.07, 6.45) is 1.01. The van der Waals surface area contributed by atoms with Crippen LogP contribution in [0, 0.1) is 6.07 Å². The molecule has 0 bridgehead atoms.